The van der Waals surface area contributed by atoms with Gasteiger partial charge in [-0.1, -0.05) is 6.92 Å². The fourth-order valence-electron chi connectivity index (χ4n) is 5.27. The van der Waals surface area contributed by atoms with Crippen LogP contribution in [0.25, 0.3) is 11.3 Å². The first kappa shape index (κ1) is 22.9. The van der Waals surface area contributed by atoms with Crippen molar-refractivity contribution >= 4 is 11.8 Å². The van der Waals surface area contributed by atoms with Gasteiger partial charge >= 0.3 is 0 Å². The summed E-state index contributed by atoms with van der Waals surface area (Å²) in [6.45, 7) is 6.19. The number of hydrogen-bond acceptors (Lipinski definition) is 4. The molecule has 182 valence electrons. The molecule has 2 aromatic rings. The zero-order chi connectivity index (χ0) is 23.7. The summed E-state index contributed by atoms with van der Waals surface area (Å²) >= 11 is 0. The minimum atomic E-state index is -0.200. The molecule has 2 amide bonds. The summed E-state index contributed by atoms with van der Waals surface area (Å²) in [5.74, 6) is 1.97. The van der Waals surface area contributed by atoms with Crippen LogP contribution >= 0.6 is 0 Å². The molecule has 7 heteroatoms. The van der Waals surface area contributed by atoms with E-state index in [9.17, 15) is 9.59 Å². The van der Waals surface area contributed by atoms with Gasteiger partial charge in [-0.25, -0.2) is 4.98 Å². The molecule has 3 heterocycles. The first-order valence-electron chi connectivity index (χ1n) is 13.0. The van der Waals surface area contributed by atoms with Gasteiger partial charge in [-0.3, -0.25) is 9.59 Å². The number of nitrogens with zero attached hydrogens (tertiary/aromatic N) is 3. The van der Waals surface area contributed by atoms with E-state index in [0.29, 0.717) is 13.0 Å². The fourth-order valence-corrected chi connectivity index (χ4v) is 5.27. The highest BCUT2D eigenvalue weighted by Crippen LogP contribution is 2.35. The number of amides is 2. The maximum absolute atomic E-state index is 13.2. The van der Waals surface area contributed by atoms with Gasteiger partial charge in [0.1, 0.15) is 11.6 Å². The Labute approximate surface area is 201 Å². The Morgan fingerprint density at radius 2 is 2.03 bits per heavy atom. The average molecular weight is 465 g/mol. The van der Waals surface area contributed by atoms with Crippen molar-refractivity contribution in [3.8, 4) is 17.0 Å². The van der Waals surface area contributed by atoms with Gasteiger partial charge < -0.3 is 19.5 Å². The summed E-state index contributed by atoms with van der Waals surface area (Å²) < 4.78 is 8.56. The summed E-state index contributed by atoms with van der Waals surface area (Å²) in [5.41, 5.74) is 3.02. The second-order valence-corrected chi connectivity index (χ2v) is 10.0. The molecular weight excluding hydrogens is 428 g/mol. The monoisotopic (exact) mass is 464 g/mol. The van der Waals surface area contributed by atoms with Crippen LogP contribution in [0.2, 0.25) is 0 Å². The number of ether oxygens (including phenoxy) is 1. The Morgan fingerprint density at radius 3 is 2.76 bits per heavy atom. The predicted octanol–water partition coefficient (Wildman–Crippen LogP) is 4.25. The molecule has 2 unspecified atom stereocenters. The largest absolute Gasteiger partial charge is 0.490 e. The van der Waals surface area contributed by atoms with Gasteiger partial charge in [0, 0.05) is 49.8 Å². The lowest BCUT2D eigenvalue weighted by molar-refractivity contribution is -0.135. The highest BCUT2D eigenvalue weighted by molar-refractivity contribution is 5.81. The second kappa shape index (κ2) is 9.80. The number of imidazole rings is 1. The number of benzene rings is 1. The summed E-state index contributed by atoms with van der Waals surface area (Å²) in [6.07, 6.45) is 10.1. The average Bonchev–Trinajstić information content (AvgIpc) is 3.43. The van der Waals surface area contributed by atoms with Gasteiger partial charge in [0.25, 0.3) is 0 Å². The SMILES string of the molecule is CCC(=O)N1CCCC(C(=O)NC(C)c2cc(-c3cn4c(n3)CCC4)ccc2OC2CCC2)C1. The molecule has 0 bridgehead atoms. The molecule has 2 atom stereocenters. The number of hydrogen-bond donors (Lipinski definition) is 1. The molecule has 1 aliphatic carbocycles. The van der Waals surface area contributed by atoms with Crippen LogP contribution < -0.4 is 10.1 Å². The van der Waals surface area contributed by atoms with Crippen molar-refractivity contribution < 1.29 is 14.3 Å². The second-order valence-electron chi connectivity index (χ2n) is 10.0. The third kappa shape index (κ3) is 4.70. The Kier molecular flexibility index (Phi) is 6.61. The van der Waals surface area contributed by atoms with E-state index in [-0.39, 0.29) is 29.9 Å². The van der Waals surface area contributed by atoms with Crippen LogP contribution in [0.3, 0.4) is 0 Å². The quantitative estimate of drug-likeness (QED) is 0.665. The first-order valence-corrected chi connectivity index (χ1v) is 13.0. The predicted molar refractivity (Wildman–Crippen MR) is 130 cm³/mol. The zero-order valence-corrected chi connectivity index (χ0v) is 20.4. The number of nitrogens with one attached hydrogen (secondary N) is 1. The first-order chi connectivity index (χ1) is 16.5. The molecule has 7 nitrogen and oxygen atoms in total. The van der Waals surface area contributed by atoms with Crippen LogP contribution in [-0.2, 0) is 22.6 Å². The van der Waals surface area contributed by atoms with Crippen molar-refractivity contribution in [3.63, 3.8) is 0 Å². The van der Waals surface area contributed by atoms with Crippen molar-refractivity contribution in [3.05, 3.63) is 35.8 Å². The third-order valence-corrected chi connectivity index (χ3v) is 7.58. The van der Waals surface area contributed by atoms with E-state index in [0.717, 1.165) is 80.0 Å². The summed E-state index contributed by atoms with van der Waals surface area (Å²) in [6, 6.07) is 6.05. The Morgan fingerprint density at radius 1 is 1.18 bits per heavy atom. The molecule has 1 aromatic heterocycles. The van der Waals surface area contributed by atoms with E-state index < -0.39 is 0 Å². The minimum Gasteiger partial charge on any atom is -0.490 e. The Bertz CT molecular complexity index is 1040. The number of aryl methyl sites for hydroxylation is 2. The Hall–Kier alpha value is -2.83. The van der Waals surface area contributed by atoms with E-state index in [2.05, 4.69) is 28.2 Å². The lowest BCUT2D eigenvalue weighted by atomic mass is 9.94. The van der Waals surface area contributed by atoms with Gasteiger partial charge in [-0.15, -0.1) is 0 Å². The standard InChI is InChI=1S/C27H36N4O3/c1-3-26(32)31-14-5-7-20(16-31)27(33)28-18(2)22-15-19(11-12-24(22)34-21-8-4-9-21)23-17-30-13-6-10-25(30)29-23/h11-12,15,17-18,20-21H,3-10,13-14,16H2,1-2H3,(H,28,33). The van der Waals surface area contributed by atoms with E-state index in [1.54, 1.807) is 0 Å². The van der Waals surface area contributed by atoms with Crippen LogP contribution in [0, 0.1) is 5.92 Å². The molecule has 1 N–H and O–H groups in total. The maximum Gasteiger partial charge on any atom is 0.225 e. The van der Waals surface area contributed by atoms with Crippen LogP contribution in [0.5, 0.6) is 5.75 Å². The molecule has 1 saturated heterocycles. The number of carbonyl (C=O) groups is 2. The molecule has 2 aliphatic heterocycles. The number of likely N-dealkylation sites (tertiary alicyclic amines) is 1. The van der Waals surface area contributed by atoms with Gasteiger partial charge in [0.05, 0.1) is 23.8 Å². The lowest BCUT2D eigenvalue weighted by Crippen LogP contribution is -2.45. The highest BCUT2D eigenvalue weighted by atomic mass is 16.5. The van der Waals surface area contributed by atoms with Gasteiger partial charge in [0.15, 0.2) is 0 Å². The molecule has 34 heavy (non-hydrogen) atoms. The number of carbonyl (C=O) groups excluding carboxylic acids is 2. The minimum absolute atomic E-state index is 0.0158. The van der Waals surface area contributed by atoms with Crippen LogP contribution in [0.1, 0.15) is 76.2 Å². The fraction of sp³-hybridized carbons (Fsp3) is 0.593. The topological polar surface area (TPSA) is 76.5 Å². The zero-order valence-electron chi connectivity index (χ0n) is 20.4. The Balaban J connectivity index is 1.35. The van der Waals surface area contributed by atoms with E-state index in [1.807, 2.05) is 24.8 Å². The number of piperidine rings is 1. The highest BCUT2D eigenvalue weighted by Gasteiger charge is 2.30. The molecule has 1 aromatic carbocycles. The lowest BCUT2D eigenvalue weighted by Gasteiger charge is -2.33. The van der Waals surface area contributed by atoms with Gasteiger partial charge in [-0.05, 0) is 63.6 Å². The molecule has 5 rings (SSSR count). The molecule has 3 aliphatic rings. The summed E-state index contributed by atoms with van der Waals surface area (Å²) in [4.78, 5) is 32.0. The number of aromatic nitrogens is 2. The van der Waals surface area contributed by atoms with Crippen molar-refractivity contribution in [2.45, 2.75) is 83.9 Å². The van der Waals surface area contributed by atoms with Crippen molar-refractivity contribution in [2.24, 2.45) is 5.92 Å². The normalized spacial score (nSPS) is 21.0. The van der Waals surface area contributed by atoms with Crippen molar-refractivity contribution in [1.82, 2.24) is 19.8 Å². The molecule has 1 saturated carbocycles. The smallest absolute Gasteiger partial charge is 0.225 e. The third-order valence-electron chi connectivity index (χ3n) is 7.58. The van der Waals surface area contributed by atoms with Crippen LogP contribution in [0.15, 0.2) is 24.4 Å². The van der Waals surface area contributed by atoms with Gasteiger partial charge in [0.2, 0.25) is 11.8 Å². The van der Waals surface area contributed by atoms with E-state index in [1.165, 1.54) is 6.42 Å². The van der Waals surface area contributed by atoms with Crippen molar-refractivity contribution in [2.75, 3.05) is 13.1 Å². The molecule has 0 radical (unpaired) electrons. The van der Waals surface area contributed by atoms with E-state index in [4.69, 9.17) is 9.72 Å². The molecular formula is C27H36N4O3. The molecule has 0 spiro atoms. The van der Waals surface area contributed by atoms with Crippen LogP contribution in [-0.4, -0.2) is 45.5 Å². The van der Waals surface area contributed by atoms with E-state index >= 15 is 0 Å². The van der Waals surface area contributed by atoms with Crippen LogP contribution in [0.4, 0.5) is 0 Å². The summed E-state index contributed by atoms with van der Waals surface area (Å²) in [7, 11) is 0. The summed E-state index contributed by atoms with van der Waals surface area (Å²) in [5, 5.41) is 3.23. The molecule has 2 fully saturated rings. The number of fused-ring (bicyclic) bond motifs is 1. The number of rotatable bonds is 7. The van der Waals surface area contributed by atoms with Gasteiger partial charge in [-0.2, -0.15) is 0 Å². The maximum atomic E-state index is 13.2. The van der Waals surface area contributed by atoms with Crippen molar-refractivity contribution in [1.29, 1.82) is 0 Å².